The van der Waals surface area contributed by atoms with Crippen molar-refractivity contribution in [3.8, 4) is 0 Å². The van der Waals surface area contributed by atoms with Gasteiger partial charge in [0.2, 0.25) is 5.95 Å². The number of aryl methyl sites for hydroxylation is 1. The Labute approximate surface area is 90.9 Å². The summed E-state index contributed by atoms with van der Waals surface area (Å²) in [6, 6.07) is 1.39. The standard InChI is InChI=1S/C12H19N3/c1-8-5-10(6-8)14-12-13-9(2)7-15(12)11-3-4-11/h7-8,10-11H,3-6H2,1-2H3,(H,13,14). The molecule has 3 heteroatoms. The smallest absolute Gasteiger partial charge is 0.203 e. The molecule has 0 amide bonds. The normalized spacial score (nSPS) is 30.0. The highest BCUT2D eigenvalue weighted by atomic mass is 15.2. The molecular formula is C12H19N3. The predicted molar refractivity (Wildman–Crippen MR) is 61.0 cm³/mol. The van der Waals surface area contributed by atoms with E-state index < -0.39 is 0 Å². The number of anilines is 1. The summed E-state index contributed by atoms with van der Waals surface area (Å²) < 4.78 is 2.33. The lowest BCUT2D eigenvalue weighted by atomic mass is 9.82. The van der Waals surface area contributed by atoms with E-state index in [0.717, 1.165) is 23.6 Å². The molecule has 1 N–H and O–H groups in total. The molecule has 3 nitrogen and oxygen atoms in total. The van der Waals surface area contributed by atoms with Crippen molar-refractivity contribution >= 4 is 5.95 Å². The molecule has 82 valence electrons. The highest BCUT2D eigenvalue weighted by molar-refractivity contribution is 5.32. The minimum atomic E-state index is 0.666. The Morgan fingerprint density at radius 2 is 2.13 bits per heavy atom. The molecule has 0 aliphatic heterocycles. The Morgan fingerprint density at radius 1 is 1.40 bits per heavy atom. The van der Waals surface area contributed by atoms with Gasteiger partial charge in [-0.2, -0.15) is 0 Å². The van der Waals surface area contributed by atoms with Crippen LogP contribution in [0.5, 0.6) is 0 Å². The van der Waals surface area contributed by atoms with Crippen molar-refractivity contribution in [2.75, 3.05) is 5.32 Å². The summed E-state index contributed by atoms with van der Waals surface area (Å²) in [5, 5.41) is 3.57. The number of hydrogen-bond donors (Lipinski definition) is 1. The van der Waals surface area contributed by atoms with Gasteiger partial charge in [-0.15, -0.1) is 0 Å². The summed E-state index contributed by atoms with van der Waals surface area (Å²) in [7, 11) is 0. The number of nitrogens with zero attached hydrogens (tertiary/aromatic N) is 2. The van der Waals surface area contributed by atoms with Crippen molar-refractivity contribution in [2.24, 2.45) is 5.92 Å². The van der Waals surface area contributed by atoms with E-state index in [-0.39, 0.29) is 0 Å². The number of hydrogen-bond acceptors (Lipinski definition) is 2. The van der Waals surface area contributed by atoms with Crippen molar-refractivity contribution < 1.29 is 0 Å². The number of aromatic nitrogens is 2. The zero-order valence-corrected chi connectivity index (χ0v) is 9.53. The van der Waals surface area contributed by atoms with Crippen LogP contribution in [0.4, 0.5) is 5.95 Å². The van der Waals surface area contributed by atoms with Crippen molar-refractivity contribution in [3.63, 3.8) is 0 Å². The Morgan fingerprint density at radius 3 is 2.73 bits per heavy atom. The third kappa shape index (κ3) is 1.75. The Balaban J connectivity index is 1.72. The fraction of sp³-hybridized carbons (Fsp3) is 0.750. The number of rotatable bonds is 3. The minimum absolute atomic E-state index is 0.666. The second-order valence-corrected chi connectivity index (χ2v) is 5.26. The highest BCUT2D eigenvalue weighted by Crippen LogP contribution is 2.38. The van der Waals surface area contributed by atoms with Crippen LogP contribution in [0.1, 0.15) is 44.3 Å². The maximum Gasteiger partial charge on any atom is 0.203 e. The second-order valence-electron chi connectivity index (χ2n) is 5.26. The summed E-state index contributed by atoms with van der Waals surface area (Å²) in [5.74, 6) is 2.00. The Hall–Kier alpha value is -0.990. The average molecular weight is 205 g/mol. The largest absolute Gasteiger partial charge is 0.353 e. The van der Waals surface area contributed by atoms with Crippen LogP contribution in [-0.4, -0.2) is 15.6 Å². The zero-order chi connectivity index (χ0) is 10.4. The van der Waals surface area contributed by atoms with Crippen LogP contribution in [-0.2, 0) is 0 Å². The molecule has 2 aliphatic rings. The van der Waals surface area contributed by atoms with Crippen molar-refractivity contribution in [2.45, 2.75) is 51.6 Å². The minimum Gasteiger partial charge on any atom is -0.353 e. The lowest BCUT2D eigenvalue weighted by Crippen LogP contribution is -2.34. The molecule has 1 heterocycles. The van der Waals surface area contributed by atoms with Crippen LogP contribution in [0.3, 0.4) is 0 Å². The van der Waals surface area contributed by atoms with E-state index in [1.165, 1.54) is 25.7 Å². The molecule has 3 rings (SSSR count). The molecule has 2 aliphatic carbocycles. The summed E-state index contributed by atoms with van der Waals surface area (Å²) in [6.07, 6.45) is 7.44. The van der Waals surface area contributed by atoms with Gasteiger partial charge in [0, 0.05) is 18.3 Å². The maximum absolute atomic E-state index is 4.57. The molecule has 2 saturated carbocycles. The van der Waals surface area contributed by atoms with Crippen LogP contribution in [0.25, 0.3) is 0 Å². The lowest BCUT2D eigenvalue weighted by molar-refractivity contribution is 0.307. The van der Waals surface area contributed by atoms with Gasteiger partial charge in [0.15, 0.2) is 0 Å². The molecule has 0 spiro atoms. The molecule has 2 fully saturated rings. The molecule has 0 saturated heterocycles. The van der Waals surface area contributed by atoms with E-state index in [2.05, 4.69) is 34.9 Å². The first-order valence-corrected chi connectivity index (χ1v) is 6.04. The second kappa shape index (κ2) is 3.26. The monoisotopic (exact) mass is 205 g/mol. The molecule has 1 aromatic heterocycles. The third-order valence-electron chi connectivity index (χ3n) is 3.50. The molecule has 0 aromatic carbocycles. The fourth-order valence-electron chi connectivity index (χ4n) is 2.46. The first-order chi connectivity index (χ1) is 7.22. The molecule has 0 atom stereocenters. The van der Waals surface area contributed by atoms with Crippen LogP contribution >= 0.6 is 0 Å². The summed E-state index contributed by atoms with van der Waals surface area (Å²) in [5.41, 5.74) is 1.14. The average Bonchev–Trinajstić information content (AvgIpc) is 2.89. The van der Waals surface area contributed by atoms with Crippen LogP contribution in [0.15, 0.2) is 6.20 Å². The van der Waals surface area contributed by atoms with Gasteiger partial charge < -0.3 is 9.88 Å². The van der Waals surface area contributed by atoms with Gasteiger partial charge in [-0.25, -0.2) is 4.98 Å². The van der Waals surface area contributed by atoms with Crippen molar-refractivity contribution in [1.82, 2.24) is 9.55 Å². The zero-order valence-electron chi connectivity index (χ0n) is 9.53. The maximum atomic E-state index is 4.57. The molecule has 1 aromatic rings. The van der Waals surface area contributed by atoms with Gasteiger partial charge >= 0.3 is 0 Å². The summed E-state index contributed by atoms with van der Waals surface area (Å²) >= 11 is 0. The fourth-order valence-corrected chi connectivity index (χ4v) is 2.46. The first kappa shape index (κ1) is 9.25. The quantitative estimate of drug-likeness (QED) is 0.822. The van der Waals surface area contributed by atoms with E-state index in [4.69, 9.17) is 0 Å². The Kier molecular flexibility index (Phi) is 2.01. The van der Waals surface area contributed by atoms with Crippen LogP contribution < -0.4 is 5.32 Å². The molecule has 15 heavy (non-hydrogen) atoms. The topological polar surface area (TPSA) is 29.9 Å². The lowest BCUT2D eigenvalue weighted by Gasteiger charge is -2.33. The van der Waals surface area contributed by atoms with Crippen molar-refractivity contribution in [3.05, 3.63) is 11.9 Å². The third-order valence-corrected chi connectivity index (χ3v) is 3.50. The van der Waals surface area contributed by atoms with Gasteiger partial charge in [-0.1, -0.05) is 6.92 Å². The van der Waals surface area contributed by atoms with E-state index in [1.54, 1.807) is 0 Å². The molecule has 0 unspecified atom stereocenters. The number of imidazole rings is 1. The SMILES string of the molecule is Cc1cn(C2CC2)c(NC2CC(C)C2)n1. The summed E-state index contributed by atoms with van der Waals surface area (Å²) in [4.78, 5) is 4.57. The predicted octanol–water partition coefficient (Wildman–Crippen LogP) is 2.74. The van der Waals surface area contributed by atoms with E-state index in [0.29, 0.717) is 6.04 Å². The van der Waals surface area contributed by atoms with Gasteiger partial charge in [0.25, 0.3) is 0 Å². The first-order valence-electron chi connectivity index (χ1n) is 6.04. The summed E-state index contributed by atoms with van der Waals surface area (Å²) in [6.45, 7) is 4.39. The molecular weight excluding hydrogens is 186 g/mol. The van der Waals surface area contributed by atoms with Crippen LogP contribution in [0, 0.1) is 12.8 Å². The van der Waals surface area contributed by atoms with E-state index >= 15 is 0 Å². The van der Waals surface area contributed by atoms with Crippen LogP contribution in [0.2, 0.25) is 0 Å². The van der Waals surface area contributed by atoms with E-state index in [9.17, 15) is 0 Å². The molecule has 0 bridgehead atoms. The van der Waals surface area contributed by atoms with E-state index in [1.807, 2.05) is 0 Å². The van der Waals surface area contributed by atoms with Crippen molar-refractivity contribution in [1.29, 1.82) is 0 Å². The molecule has 0 radical (unpaired) electrons. The van der Waals surface area contributed by atoms with Gasteiger partial charge in [0.1, 0.15) is 0 Å². The highest BCUT2D eigenvalue weighted by Gasteiger charge is 2.30. The number of nitrogens with one attached hydrogen (secondary N) is 1. The Bertz CT molecular complexity index is 359. The van der Waals surface area contributed by atoms with Gasteiger partial charge in [0.05, 0.1) is 5.69 Å². The van der Waals surface area contributed by atoms with Gasteiger partial charge in [-0.05, 0) is 38.5 Å². The van der Waals surface area contributed by atoms with Gasteiger partial charge in [-0.3, -0.25) is 0 Å².